The van der Waals surface area contributed by atoms with Crippen molar-refractivity contribution in [1.82, 2.24) is 14.7 Å². The molecule has 0 saturated carbocycles. The van der Waals surface area contributed by atoms with Crippen molar-refractivity contribution in [3.8, 4) is 0 Å². The first kappa shape index (κ1) is 19.6. The zero-order valence-corrected chi connectivity index (χ0v) is 16.1. The first-order valence-corrected chi connectivity index (χ1v) is 8.94. The van der Waals surface area contributed by atoms with Crippen molar-refractivity contribution in [2.24, 2.45) is 0 Å². The molecule has 1 amide bonds. The number of carbonyl (C=O) groups is 2. The van der Waals surface area contributed by atoms with E-state index in [9.17, 15) is 14.4 Å². The number of rotatable bonds is 5. The van der Waals surface area contributed by atoms with E-state index < -0.39 is 17.9 Å². The van der Waals surface area contributed by atoms with Crippen LogP contribution >= 0.6 is 11.6 Å². The molecule has 3 aromatic rings. The number of esters is 1. The van der Waals surface area contributed by atoms with E-state index in [2.05, 4.69) is 10.3 Å². The summed E-state index contributed by atoms with van der Waals surface area (Å²) in [5.41, 5.74) is 1.70. The highest BCUT2D eigenvalue weighted by molar-refractivity contribution is 6.30. The summed E-state index contributed by atoms with van der Waals surface area (Å²) < 4.78 is 6.67. The zero-order valence-electron chi connectivity index (χ0n) is 15.3. The Labute approximate surface area is 165 Å². The van der Waals surface area contributed by atoms with E-state index in [-0.39, 0.29) is 12.2 Å². The summed E-state index contributed by atoms with van der Waals surface area (Å²) in [6.45, 7) is 3.16. The molecule has 0 saturated heterocycles. The smallest absolute Gasteiger partial charge is 0.328 e. The maximum atomic E-state index is 12.2. The Morgan fingerprint density at radius 2 is 1.93 bits per heavy atom. The molecule has 7 nitrogen and oxygen atoms in total. The van der Waals surface area contributed by atoms with Gasteiger partial charge in [-0.3, -0.25) is 14.0 Å². The minimum Gasteiger partial charge on any atom is -0.458 e. The summed E-state index contributed by atoms with van der Waals surface area (Å²) in [4.78, 5) is 40.9. The Bertz CT molecular complexity index is 1090. The maximum Gasteiger partial charge on any atom is 0.328 e. The number of nitrogens with zero attached hydrogens (tertiary/aromatic N) is 2. The first-order valence-electron chi connectivity index (χ1n) is 8.56. The summed E-state index contributed by atoms with van der Waals surface area (Å²) in [6.07, 6.45) is 0. The number of aryl methyl sites for hydroxylation is 1. The third kappa shape index (κ3) is 4.37. The van der Waals surface area contributed by atoms with Gasteiger partial charge in [0, 0.05) is 22.3 Å². The van der Waals surface area contributed by atoms with Crippen LogP contribution in [0.3, 0.4) is 0 Å². The molecule has 2 heterocycles. The van der Waals surface area contributed by atoms with E-state index in [1.165, 1.54) is 17.4 Å². The highest BCUT2D eigenvalue weighted by atomic mass is 35.5. The zero-order chi connectivity index (χ0) is 20.3. The highest BCUT2D eigenvalue weighted by Gasteiger charge is 2.18. The van der Waals surface area contributed by atoms with E-state index in [4.69, 9.17) is 16.3 Å². The molecule has 3 rings (SSSR count). The number of ether oxygens (including phenoxy) is 1. The van der Waals surface area contributed by atoms with Gasteiger partial charge in [-0.05, 0) is 50.2 Å². The summed E-state index contributed by atoms with van der Waals surface area (Å²) in [5, 5.41) is 3.07. The normalized spacial score (nSPS) is 11.8. The molecule has 1 aromatic carbocycles. The molecule has 0 spiro atoms. The summed E-state index contributed by atoms with van der Waals surface area (Å²) in [6, 6.07) is 12.1. The van der Waals surface area contributed by atoms with E-state index in [0.29, 0.717) is 21.9 Å². The molecular formula is C20H18ClN3O4. The topological polar surface area (TPSA) is 89.8 Å². The average molecular weight is 400 g/mol. The van der Waals surface area contributed by atoms with Gasteiger partial charge in [0.25, 0.3) is 11.5 Å². The number of nitrogens with one attached hydrogen (secondary N) is 1. The lowest BCUT2D eigenvalue weighted by Crippen LogP contribution is -2.39. The predicted molar refractivity (Wildman–Crippen MR) is 104 cm³/mol. The molecule has 0 unspecified atom stereocenters. The molecule has 0 aliphatic heterocycles. The Balaban J connectivity index is 1.63. The third-order valence-electron chi connectivity index (χ3n) is 4.10. The van der Waals surface area contributed by atoms with Gasteiger partial charge in [-0.2, -0.15) is 0 Å². The summed E-state index contributed by atoms with van der Waals surface area (Å²) in [5.74, 6) is -1.05. The van der Waals surface area contributed by atoms with Crippen LogP contribution in [0.25, 0.3) is 5.65 Å². The quantitative estimate of drug-likeness (QED) is 0.666. The fourth-order valence-corrected chi connectivity index (χ4v) is 2.77. The van der Waals surface area contributed by atoms with Crippen molar-refractivity contribution < 1.29 is 14.3 Å². The van der Waals surface area contributed by atoms with E-state index in [0.717, 1.165) is 5.69 Å². The molecular weight excluding hydrogens is 382 g/mol. The maximum absolute atomic E-state index is 12.2. The second-order valence-corrected chi connectivity index (χ2v) is 6.69. The van der Waals surface area contributed by atoms with Gasteiger partial charge in [0.2, 0.25) is 0 Å². The predicted octanol–water partition coefficient (Wildman–Crippen LogP) is 2.52. The Hall–Kier alpha value is -3.19. The molecule has 0 fully saturated rings. The number of fused-ring (bicyclic) bond motifs is 1. The fourth-order valence-electron chi connectivity index (χ4n) is 2.65. The van der Waals surface area contributed by atoms with Crippen molar-refractivity contribution in [1.29, 1.82) is 0 Å². The van der Waals surface area contributed by atoms with Crippen LogP contribution in [-0.2, 0) is 16.1 Å². The second kappa shape index (κ2) is 8.22. The van der Waals surface area contributed by atoms with Crippen LogP contribution in [0, 0.1) is 6.92 Å². The van der Waals surface area contributed by atoms with Crippen LogP contribution < -0.4 is 10.9 Å². The van der Waals surface area contributed by atoms with Gasteiger partial charge in [-0.15, -0.1) is 0 Å². The standard InChI is InChI=1S/C20H18ClN3O4/c1-12-4-3-5-17-23-16(10-18(25)24(12)17)11-28-20(27)13(2)22-19(26)14-6-8-15(21)9-7-14/h3-10,13H,11H2,1-2H3,(H,22,26)/t13-/m0/s1. The van der Waals surface area contributed by atoms with Crippen molar-refractivity contribution in [3.63, 3.8) is 0 Å². The first-order chi connectivity index (χ1) is 13.3. The molecule has 28 heavy (non-hydrogen) atoms. The molecule has 0 radical (unpaired) electrons. The van der Waals surface area contributed by atoms with Gasteiger partial charge in [0.05, 0.1) is 5.69 Å². The minimum absolute atomic E-state index is 0.167. The average Bonchev–Trinajstić information content (AvgIpc) is 2.66. The van der Waals surface area contributed by atoms with Crippen LogP contribution in [-0.4, -0.2) is 27.3 Å². The number of hydrogen-bond donors (Lipinski definition) is 1. The highest BCUT2D eigenvalue weighted by Crippen LogP contribution is 2.10. The Kier molecular flexibility index (Phi) is 5.75. The Morgan fingerprint density at radius 3 is 2.64 bits per heavy atom. The molecule has 8 heteroatoms. The fraction of sp³-hybridized carbons (Fsp3) is 0.200. The number of benzene rings is 1. The van der Waals surface area contributed by atoms with Crippen LogP contribution in [0.15, 0.2) is 53.3 Å². The second-order valence-electron chi connectivity index (χ2n) is 6.26. The van der Waals surface area contributed by atoms with Crippen LogP contribution in [0.4, 0.5) is 0 Å². The van der Waals surface area contributed by atoms with Crippen molar-refractivity contribution in [2.75, 3.05) is 0 Å². The lowest BCUT2D eigenvalue weighted by molar-refractivity contribution is -0.146. The minimum atomic E-state index is -0.869. The number of pyridine rings is 1. The molecule has 1 atom stereocenters. The van der Waals surface area contributed by atoms with E-state index >= 15 is 0 Å². The van der Waals surface area contributed by atoms with E-state index in [1.807, 2.05) is 0 Å². The van der Waals surface area contributed by atoms with Crippen LogP contribution in [0.5, 0.6) is 0 Å². The summed E-state index contributed by atoms with van der Waals surface area (Å²) in [7, 11) is 0. The molecule has 0 bridgehead atoms. The molecule has 1 N–H and O–H groups in total. The molecule has 0 aliphatic rings. The molecule has 144 valence electrons. The number of carbonyl (C=O) groups excluding carboxylic acids is 2. The monoisotopic (exact) mass is 399 g/mol. The van der Waals surface area contributed by atoms with Crippen molar-refractivity contribution in [2.45, 2.75) is 26.5 Å². The summed E-state index contributed by atoms with van der Waals surface area (Å²) >= 11 is 5.79. The number of hydrogen-bond acceptors (Lipinski definition) is 5. The number of halogens is 1. The van der Waals surface area contributed by atoms with Gasteiger partial charge >= 0.3 is 5.97 Å². The van der Waals surface area contributed by atoms with Gasteiger partial charge in [0.1, 0.15) is 18.3 Å². The van der Waals surface area contributed by atoms with Gasteiger partial charge in [0.15, 0.2) is 0 Å². The number of aromatic nitrogens is 2. The van der Waals surface area contributed by atoms with Crippen LogP contribution in [0.1, 0.15) is 28.7 Å². The molecule has 2 aromatic heterocycles. The molecule has 0 aliphatic carbocycles. The SMILES string of the molecule is Cc1cccc2nc(COC(=O)[C@H](C)NC(=O)c3ccc(Cl)cc3)cc(=O)n12. The lowest BCUT2D eigenvalue weighted by atomic mass is 10.2. The third-order valence-corrected chi connectivity index (χ3v) is 4.36. The van der Waals surface area contributed by atoms with Gasteiger partial charge in [-0.25, -0.2) is 9.78 Å². The van der Waals surface area contributed by atoms with Crippen molar-refractivity contribution >= 4 is 29.1 Å². The number of amides is 1. The largest absolute Gasteiger partial charge is 0.458 e. The lowest BCUT2D eigenvalue weighted by Gasteiger charge is -2.13. The van der Waals surface area contributed by atoms with Gasteiger partial charge in [-0.1, -0.05) is 17.7 Å². The van der Waals surface area contributed by atoms with E-state index in [1.54, 1.807) is 49.4 Å². The van der Waals surface area contributed by atoms with Crippen LogP contribution in [0.2, 0.25) is 5.02 Å². The van der Waals surface area contributed by atoms with Crippen molar-refractivity contribution in [3.05, 3.63) is 80.9 Å². The Morgan fingerprint density at radius 1 is 1.21 bits per heavy atom. The van der Waals surface area contributed by atoms with Gasteiger partial charge < -0.3 is 10.1 Å².